The molecule has 2 rings (SSSR count). The average Bonchev–Trinajstić information content (AvgIpc) is 3.02. The minimum atomic E-state index is -0.00870. The second kappa shape index (κ2) is 7.47. The van der Waals surface area contributed by atoms with Crippen LogP contribution in [0.15, 0.2) is 12.4 Å². The van der Waals surface area contributed by atoms with E-state index in [4.69, 9.17) is 0 Å². The molecular formula is C16H29ClN4O. The van der Waals surface area contributed by atoms with E-state index < -0.39 is 0 Å². The van der Waals surface area contributed by atoms with Crippen molar-refractivity contribution in [1.82, 2.24) is 20.4 Å². The molecule has 1 saturated heterocycles. The second-order valence-electron chi connectivity index (χ2n) is 7.15. The van der Waals surface area contributed by atoms with E-state index in [2.05, 4.69) is 43.4 Å². The van der Waals surface area contributed by atoms with E-state index in [1.165, 1.54) is 0 Å². The molecule has 0 bridgehead atoms. The number of carbonyl (C=O) groups excluding carboxylic acids is 1. The number of aryl methyl sites for hydroxylation is 1. The third-order valence-corrected chi connectivity index (χ3v) is 4.47. The van der Waals surface area contributed by atoms with Gasteiger partial charge in [0.05, 0.1) is 12.1 Å². The van der Waals surface area contributed by atoms with Crippen molar-refractivity contribution in [3.8, 4) is 0 Å². The number of aromatic nitrogens is 2. The van der Waals surface area contributed by atoms with E-state index in [1.807, 2.05) is 19.4 Å². The predicted molar refractivity (Wildman–Crippen MR) is 91.2 cm³/mol. The van der Waals surface area contributed by atoms with Gasteiger partial charge in [0.15, 0.2) is 0 Å². The Labute approximate surface area is 139 Å². The average molecular weight is 329 g/mol. The van der Waals surface area contributed by atoms with Crippen LogP contribution in [0, 0.1) is 11.3 Å². The Morgan fingerprint density at radius 3 is 2.68 bits per heavy atom. The normalized spacial score (nSPS) is 23.0. The molecule has 0 saturated carbocycles. The van der Waals surface area contributed by atoms with Crippen molar-refractivity contribution < 1.29 is 4.79 Å². The van der Waals surface area contributed by atoms with Crippen molar-refractivity contribution in [3.05, 3.63) is 18.0 Å². The van der Waals surface area contributed by atoms with Crippen molar-refractivity contribution in [1.29, 1.82) is 0 Å². The number of carbonyl (C=O) groups is 1. The number of nitrogens with one attached hydrogen (secondary N) is 2. The Morgan fingerprint density at radius 1 is 1.50 bits per heavy atom. The predicted octanol–water partition coefficient (Wildman–Crippen LogP) is 2.09. The Hall–Kier alpha value is -1.07. The highest BCUT2D eigenvalue weighted by Crippen LogP contribution is 2.29. The third-order valence-electron chi connectivity index (χ3n) is 4.47. The molecule has 1 aromatic rings. The Balaban J connectivity index is 0.00000242. The number of rotatable bonds is 4. The molecule has 0 aromatic carbocycles. The Morgan fingerprint density at radius 2 is 2.18 bits per heavy atom. The minimum Gasteiger partial charge on any atom is -0.353 e. The zero-order valence-corrected chi connectivity index (χ0v) is 15.0. The van der Waals surface area contributed by atoms with Crippen LogP contribution in [0.4, 0.5) is 0 Å². The Kier molecular flexibility index (Phi) is 6.44. The highest BCUT2D eigenvalue weighted by molar-refractivity contribution is 5.85. The molecule has 1 fully saturated rings. The van der Waals surface area contributed by atoms with E-state index in [0.717, 1.165) is 25.1 Å². The Bertz CT molecular complexity index is 495. The van der Waals surface area contributed by atoms with Gasteiger partial charge in [0.25, 0.3) is 0 Å². The summed E-state index contributed by atoms with van der Waals surface area (Å²) in [6, 6.07) is 0.208. The molecule has 1 unspecified atom stereocenters. The topological polar surface area (TPSA) is 59.0 Å². The zero-order chi connectivity index (χ0) is 15.6. The summed E-state index contributed by atoms with van der Waals surface area (Å²) in [4.78, 5) is 12.7. The van der Waals surface area contributed by atoms with Crippen LogP contribution in [-0.4, -0.2) is 34.8 Å². The minimum absolute atomic E-state index is 0. The highest BCUT2D eigenvalue weighted by atomic mass is 35.5. The summed E-state index contributed by atoms with van der Waals surface area (Å²) in [5.41, 5.74) is 1.23. The molecule has 2 heterocycles. The molecule has 1 aliphatic rings. The maximum Gasteiger partial charge on any atom is 0.225 e. The molecule has 1 amide bonds. The van der Waals surface area contributed by atoms with Gasteiger partial charge in [0.2, 0.25) is 5.91 Å². The van der Waals surface area contributed by atoms with Crippen LogP contribution in [0.3, 0.4) is 0 Å². The number of hydrogen-bond acceptors (Lipinski definition) is 3. The number of halogens is 1. The van der Waals surface area contributed by atoms with Gasteiger partial charge in [-0.1, -0.05) is 27.7 Å². The molecule has 3 atom stereocenters. The molecule has 0 radical (unpaired) electrons. The lowest BCUT2D eigenvalue weighted by molar-refractivity contribution is -0.126. The highest BCUT2D eigenvalue weighted by Gasteiger charge is 2.36. The summed E-state index contributed by atoms with van der Waals surface area (Å²) in [6.45, 7) is 10.2. The molecule has 2 N–H and O–H groups in total. The molecule has 5 nitrogen and oxygen atoms in total. The summed E-state index contributed by atoms with van der Waals surface area (Å²) in [5.74, 6) is 0.373. The van der Waals surface area contributed by atoms with Crippen molar-refractivity contribution in [3.63, 3.8) is 0 Å². The van der Waals surface area contributed by atoms with Crippen molar-refractivity contribution in [2.24, 2.45) is 18.4 Å². The van der Waals surface area contributed by atoms with Crippen molar-refractivity contribution in [2.75, 3.05) is 13.1 Å². The molecule has 0 spiro atoms. The van der Waals surface area contributed by atoms with Gasteiger partial charge in [0.1, 0.15) is 0 Å². The molecule has 1 aliphatic heterocycles. The van der Waals surface area contributed by atoms with Crippen LogP contribution in [0.1, 0.15) is 45.6 Å². The first-order chi connectivity index (χ1) is 9.82. The smallest absolute Gasteiger partial charge is 0.225 e. The first-order valence-electron chi connectivity index (χ1n) is 7.82. The lowest BCUT2D eigenvalue weighted by atomic mass is 9.84. The monoisotopic (exact) mass is 328 g/mol. The molecule has 0 aliphatic carbocycles. The standard InChI is InChI=1S/C16H28N4O.ClH/c1-6-14(16(2,3)4)19-15(21)13-9-17-8-12(13)11-7-18-20(5)10-11;/h7,10,12-14,17H,6,8-9H2,1-5H3,(H,19,21);1H/t12-,13+,14?;/m1./s1. The van der Waals surface area contributed by atoms with Gasteiger partial charge in [-0.05, 0) is 17.4 Å². The van der Waals surface area contributed by atoms with Gasteiger partial charge in [-0.25, -0.2) is 0 Å². The van der Waals surface area contributed by atoms with Crippen LogP contribution in [0.2, 0.25) is 0 Å². The second-order valence-corrected chi connectivity index (χ2v) is 7.15. The van der Waals surface area contributed by atoms with Crippen LogP contribution in [-0.2, 0) is 11.8 Å². The maximum absolute atomic E-state index is 12.7. The summed E-state index contributed by atoms with van der Waals surface area (Å²) in [6.07, 6.45) is 4.84. The van der Waals surface area contributed by atoms with E-state index in [0.29, 0.717) is 0 Å². The van der Waals surface area contributed by atoms with E-state index in [9.17, 15) is 4.79 Å². The summed E-state index contributed by atoms with van der Waals surface area (Å²) in [7, 11) is 1.91. The van der Waals surface area contributed by atoms with Crippen LogP contribution < -0.4 is 10.6 Å². The van der Waals surface area contributed by atoms with Gasteiger partial charge < -0.3 is 10.6 Å². The SMILES string of the molecule is CCC(NC(=O)[C@H]1CNC[C@@H]1c1cnn(C)c1)C(C)(C)C.Cl. The summed E-state index contributed by atoms with van der Waals surface area (Å²) >= 11 is 0. The largest absolute Gasteiger partial charge is 0.353 e. The first-order valence-corrected chi connectivity index (χ1v) is 7.82. The fourth-order valence-electron chi connectivity index (χ4n) is 3.15. The lowest BCUT2D eigenvalue weighted by Gasteiger charge is -2.32. The maximum atomic E-state index is 12.7. The van der Waals surface area contributed by atoms with Crippen molar-refractivity contribution in [2.45, 2.75) is 46.1 Å². The molecule has 1 aromatic heterocycles. The van der Waals surface area contributed by atoms with Gasteiger partial charge in [-0.15, -0.1) is 12.4 Å². The molecule has 126 valence electrons. The number of amides is 1. The van der Waals surface area contributed by atoms with Gasteiger partial charge in [0, 0.05) is 38.3 Å². The van der Waals surface area contributed by atoms with Gasteiger partial charge in [-0.2, -0.15) is 5.10 Å². The van der Waals surface area contributed by atoms with E-state index in [-0.39, 0.29) is 41.6 Å². The molecular weight excluding hydrogens is 300 g/mol. The zero-order valence-electron chi connectivity index (χ0n) is 14.2. The van der Waals surface area contributed by atoms with Gasteiger partial charge in [-0.3, -0.25) is 9.48 Å². The van der Waals surface area contributed by atoms with Crippen LogP contribution in [0.5, 0.6) is 0 Å². The quantitative estimate of drug-likeness (QED) is 0.889. The summed E-state index contributed by atoms with van der Waals surface area (Å²) < 4.78 is 1.80. The molecule has 22 heavy (non-hydrogen) atoms. The first kappa shape index (κ1) is 19.0. The third kappa shape index (κ3) is 4.23. The number of nitrogens with zero attached hydrogens (tertiary/aromatic N) is 2. The number of hydrogen-bond donors (Lipinski definition) is 2. The fraction of sp³-hybridized carbons (Fsp3) is 0.750. The van der Waals surface area contributed by atoms with E-state index >= 15 is 0 Å². The summed E-state index contributed by atoms with van der Waals surface area (Å²) in [5, 5.41) is 10.8. The fourth-order valence-corrected chi connectivity index (χ4v) is 3.15. The van der Waals surface area contributed by atoms with Crippen LogP contribution in [0.25, 0.3) is 0 Å². The molecule has 6 heteroatoms. The van der Waals surface area contributed by atoms with Crippen LogP contribution >= 0.6 is 12.4 Å². The van der Waals surface area contributed by atoms with E-state index in [1.54, 1.807) is 4.68 Å². The van der Waals surface area contributed by atoms with Crippen molar-refractivity contribution >= 4 is 18.3 Å². The lowest BCUT2D eigenvalue weighted by Crippen LogP contribution is -2.46. The van der Waals surface area contributed by atoms with Gasteiger partial charge >= 0.3 is 0 Å².